The van der Waals surface area contributed by atoms with E-state index in [-0.39, 0.29) is 5.82 Å². The number of aryl methyl sites for hydroxylation is 1. The molecule has 0 heterocycles. The van der Waals surface area contributed by atoms with Crippen LogP contribution in [0.25, 0.3) is 0 Å². The molecule has 0 bridgehead atoms. The Labute approximate surface area is 120 Å². The molecule has 1 aromatic carbocycles. The van der Waals surface area contributed by atoms with Gasteiger partial charge in [-0.25, -0.2) is 4.39 Å². The van der Waals surface area contributed by atoms with E-state index in [4.69, 9.17) is 0 Å². The summed E-state index contributed by atoms with van der Waals surface area (Å²) in [6.45, 7) is 3.81. The van der Waals surface area contributed by atoms with Crippen LogP contribution in [0.5, 0.6) is 0 Å². The lowest BCUT2D eigenvalue weighted by atomic mass is 9.65. The molecule has 0 saturated heterocycles. The first-order chi connectivity index (χ1) is 9.52. The second kappa shape index (κ2) is 5.93. The van der Waals surface area contributed by atoms with E-state index in [1.165, 1.54) is 6.07 Å². The van der Waals surface area contributed by atoms with Crippen LogP contribution < -0.4 is 0 Å². The summed E-state index contributed by atoms with van der Waals surface area (Å²) in [4.78, 5) is 0. The summed E-state index contributed by atoms with van der Waals surface area (Å²) in [6, 6.07) is 7.11. The van der Waals surface area contributed by atoms with Crippen LogP contribution in [0.1, 0.15) is 56.3 Å². The van der Waals surface area contributed by atoms with Gasteiger partial charge in [-0.2, -0.15) is 5.26 Å². The molecule has 0 spiro atoms. The largest absolute Gasteiger partial charge is 0.387 e. The molecule has 0 amide bonds. The van der Waals surface area contributed by atoms with Crippen molar-refractivity contribution in [3.05, 3.63) is 35.1 Å². The van der Waals surface area contributed by atoms with Crippen molar-refractivity contribution in [1.82, 2.24) is 0 Å². The zero-order valence-corrected chi connectivity index (χ0v) is 12.2. The van der Waals surface area contributed by atoms with Crippen molar-refractivity contribution in [3.8, 4) is 6.07 Å². The fourth-order valence-corrected chi connectivity index (χ4v) is 3.28. The van der Waals surface area contributed by atoms with Gasteiger partial charge in [-0.05, 0) is 42.9 Å². The third-order valence-electron chi connectivity index (χ3n) is 4.72. The molecule has 1 aliphatic rings. The average Bonchev–Trinajstić information content (AvgIpc) is 2.49. The first-order valence-corrected chi connectivity index (χ1v) is 7.38. The lowest BCUT2D eigenvalue weighted by Crippen LogP contribution is -2.33. The second-order valence-corrected chi connectivity index (χ2v) is 6.05. The van der Waals surface area contributed by atoms with Crippen LogP contribution >= 0.6 is 0 Å². The highest BCUT2D eigenvalue weighted by Gasteiger charge is 2.43. The fraction of sp³-hybridized carbons (Fsp3) is 0.588. The molecule has 0 aliphatic heterocycles. The smallest absolute Gasteiger partial charge is 0.126 e. The molecule has 1 aliphatic carbocycles. The van der Waals surface area contributed by atoms with Gasteiger partial charge in [-0.3, -0.25) is 0 Å². The Kier molecular flexibility index (Phi) is 4.45. The Morgan fingerprint density at radius 2 is 2.30 bits per heavy atom. The third kappa shape index (κ3) is 2.71. The molecule has 2 rings (SSSR count). The molecule has 108 valence electrons. The summed E-state index contributed by atoms with van der Waals surface area (Å²) < 4.78 is 13.7. The topological polar surface area (TPSA) is 44.0 Å². The number of nitriles is 1. The van der Waals surface area contributed by atoms with Crippen LogP contribution in [0.3, 0.4) is 0 Å². The molecule has 1 saturated carbocycles. The van der Waals surface area contributed by atoms with Crippen LogP contribution in [-0.4, -0.2) is 5.11 Å². The predicted octanol–water partition coefficient (Wildman–Crippen LogP) is 4.28. The summed E-state index contributed by atoms with van der Waals surface area (Å²) in [5, 5.41) is 20.2. The minimum atomic E-state index is -0.906. The number of halogens is 1. The molecular formula is C17H22FNO. The Balaban J connectivity index is 2.30. The number of aliphatic hydroxyl groups is 1. The summed E-state index contributed by atoms with van der Waals surface area (Å²) in [6.07, 6.45) is 3.59. The van der Waals surface area contributed by atoms with E-state index in [0.717, 1.165) is 19.3 Å². The molecule has 3 atom stereocenters. The maximum Gasteiger partial charge on any atom is 0.126 e. The van der Waals surface area contributed by atoms with E-state index in [2.05, 4.69) is 13.0 Å². The van der Waals surface area contributed by atoms with Crippen LogP contribution in [0.15, 0.2) is 18.2 Å². The summed E-state index contributed by atoms with van der Waals surface area (Å²) in [7, 11) is 0. The number of aliphatic hydroxyl groups excluding tert-OH is 1. The van der Waals surface area contributed by atoms with Crippen molar-refractivity contribution >= 4 is 0 Å². The Morgan fingerprint density at radius 1 is 1.55 bits per heavy atom. The Bertz CT molecular complexity index is 522. The Morgan fingerprint density at radius 3 is 2.90 bits per heavy atom. The van der Waals surface area contributed by atoms with Gasteiger partial charge in [-0.1, -0.05) is 38.3 Å². The molecule has 2 nitrogen and oxygen atoms in total. The molecule has 0 aromatic heterocycles. The standard InChI is InChI=1S/C17H22FNO/c1-3-13-5-4-8-17(10-13,11-19)16(20)14-7-6-12(2)15(18)9-14/h6-7,9,13,16,20H,3-5,8,10H2,1-2H3. The highest BCUT2D eigenvalue weighted by atomic mass is 19.1. The first-order valence-electron chi connectivity index (χ1n) is 7.38. The maximum absolute atomic E-state index is 13.7. The van der Waals surface area contributed by atoms with Crippen molar-refractivity contribution in [2.75, 3.05) is 0 Å². The monoisotopic (exact) mass is 275 g/mol. The van der Waals surface area contributed by atoms with E-state index in [1.807, 2.05) is 0 Å². The molecular weight excluding hydrogens is 253 g/mol. The van der Waals surface area contributed by atoms with Gasteiger partial charge in [0.05, 0.1) is 17.6 Å². The minimum Gasteiger partial charge on any atom is -0.387 e. The van der Waals surface area contributed by atoms with E-state index in [9.17, 15) is 14.8 Å². The van der Waals surface area contributed by atoms with E-state index in [0.29, 0.717) is 29.9 Å². The number of hydrogen-bond donors (Lipinski definition) is 1. The van der Waals surface area contributed by atoms with Crippen molar-refractivity contribution in [1.29, 1.82) is 5.26 Å². The van der Waals surface area contributed by atoms with Crippen LogP contribution in [-0.2, 0) is 0 Å². The summed E-state index contributed by atoms with van der Waals surface area (Å²) in [5.41, 5.74) is 0.314. The highest BCUT2D eigenvalue weighted by Crippen LogP contribution is 2.48. The summed E-state index contributed by atoms with van der Waals surface area (Å²) >= 11 is 0. The number of benzene rings is 1. The van der Waals surface area contributed by atoms with Gasteiger partial charge < -0.3 is 5.11 Å². The van der Waals surface area contributed by atoms with Crippen molar-refractivity contribution in [2.24, 2.45) is 11.3 Å². The SMILES string of the molecule is CCC1CCCC(C#N)(C(O)c2ccc(C)c(F)c2)C1. The van der Waals surface area contributed by atoms with Gasteiger partial charge in [-0.15, -0.1) is 0 Å². The molecule has 1 N–H and O–H groups in total. The molecule has 1 aromatic rings. The van der Waals surface area contributed by atoms with Crippen LogP contribution in [0.4, 0.5) is 4.39 Å². The maximum atomic E-state index is 13.7. The molecule has 1 fully saturated rings. The van der Waals surface area contributed by atoms with E-state index in [1.54, 1.807) is 19.1 Å². The molecule has 0 radical (unpaired) electrons. The lowest BCUT2D eigenvalue weighted by molar-refractivity contribution is 0.0183. The zero-order chi connectivity index (χ0) is 14.8. The Hall–Kier alpha value is -1.40. The van der Waals surface area contributed by atoms with Crippen LogP contribution in [0, 0.1) is 35.4 Å². The van der Waals surface area contributed by atoms with Gasteiger partial charge in [0.2, 0.25) is 0 Å². The predicted molar refractivity (Wildman–Crippen MR) is 76.4 cm³/mol. The first kappa shape index (κ1) is 15.0. The van der Waals surface area contributed by atoms with Gasteiger partial charge in [0.1, 0.15) is 5.82 Å². The number of nitrogens with zero attached hydrogens (tertiary/aromatic N) is 1. The van der Waals surface area contributed by atoms with Gasteiger partial charge >= 0.3 is 0 Å². The third-order valence-corrected chi connectivity index (χ3v) is 4.72. The summed E-state index contributed by atoms with van der Waals surface area (Å²) in [5.74, 6) is 0.158. The van der Waals surface area contributed by atoms with E-state index < -0.39 is 11.5 Å². The van der Waals surface area contributed by atoms with Crippen molar-refractivity contribution in [3.63, 3.8) is 0 Å². The number of hydrogen-bond acceptors (Lipinski definition) is 2. The quantitative estimate of drug-likeness (QED) is 0.894. The fourth-order valence-electron chi connectivity index (χ4n) is 3.28. The molecule has 3 heteroatoms. The number of rotatable bonds is 3. The van der Waals surface area contributed by atoms with Crippen molar-refractivity contribution in [2.45, 2.75) is 52.1 Å². The lowest BCUT2D eigenvalue weighted by Gasteiger charge is -2.39. The van der Waals surface area contributed by atoms with Gasteiger partial charge in [0.25, 0.3) is 0 Å². The second-order valence-electron chi connectivity index (χ2n) is 6.05. The van der Waals surface area contributed by atoms with Gasteiger partial charge in [0, 0.05) is 0 Å². The van der Waals surface area contributed by atoms with E-state index >= 15 is 0 Å². The van der Waals surface area contributed by atoms with Gasteiger partial charge in [0.15, 0.2) is 0 Å². The van der Waals surface area contributed by atoms with Crippen LogP contribution in [0.2, 0.25) is 0 Å². The van der Waals surface area contributed by atoms with Crippen molar-refractivity contribution < 1.29 is 9.50 Å². The normalized spacial score (nSPS) is 27.9. The molecule has 20 heavy (non-hydrogen) atoms. The highest BCUT2D eigenvalue weighted by molar-refractivity contribution is 5.28. The minimum absolute atomic E-state index is 0.322. The average molecular weight is 275 g/mol. The zero-order valence-electron chi connectivity index (χ0n) is 12.2. The molecule has 3 unspecified atom stereocenters.